The minimum absolute atomic E-state index is 0.229. The van der Waals surface area contributed by atoms with Crippen LogP contribution in [-0.2, 0) is 6.54 Å². The molecule has 1 rings (SSSR count). The van der Waals surface area contributed by atoms with Crippen LogP contribution in [0.25, 0.3) is 0 Å². The highest BCUT2D eigenvalue weighted by Crippen LogP contribution is 2.01. The van der Waals surface area contributed by atoms with E-state index in [0.717, 1.165) is 5.56 Å². The Kier molecular flexibility index (Phi) is 4.40. The standard InChI is InChI=1S/C10H13F2N/c11-6-1-7-13-8-9-2-4-10(12)5-3-9/h2-5,13H,1,6-8H2. The van der Waals surface area contributed by atoms with Gasteiger partial charge in [-0.1, -0.05) is 12.1 Å². The first-order valence-corrected chi connectivity index (χ1v) is 4.34. The van der Waals surface area contributed by atoms with Crippen molar-refractivity contribution < 1.29 is 8.78 Å². The Morgan fingerprint density at radius 1 is 1.15 bits per heavy atom. The lowest BCUT2D eigenvalue weighted by molar-refractivity contribution is 0.459. The van der Waals surface area contributed by atoms with Gasteiger partial charge in [-0.25, -0.2) is 4.39 Å². The lowest BCUT2D eigenvalue weighted by atomic mass is 10.2. The Hall–Kier alpha value is -0.960. The van der Waals surface area contributed by atoms with Crippen LogP contribution in [0.15, 0.2) is 24.3 Å². The Morgan fingerprint density at radius 2 is 1.85 bits per heavy atom. The van der Waals surface area contributed by atoms with Gasteiger partial charge in [0.2, 0.25) is 0 Å². The summed E-state index contributed by atoms with van der Waals surface area (Å²) in [6.45, 7) is 1.03. The van der Waals surface area contributed by atoms with Crippen LogP contribution in [0.3, 0.4) is 0 Å². The molecule has 0 unspecified atom stereocenters. The van der Waals surface area contributed by atoms with Crippen molar-refractivity contribution in [1.82, 2.24) is 5.32 Å². The molecule has 72 valence electrons. The van der Waals surface area contributed by atoms with Gasteiger partial charge in [0, 0.05) is 6.54 Å². The molecule has 0 atom stereocenters. The first-order chi connectivity index (χ1) is 6.33. The summed E-state index contributed by atoms with van der Waals surface area (Å²) >= 11 is 0. The van der Waals surface area contributed by atoms with Crippen molar-refractivity contribution in [3.8, 4) is 0 Å². The van der Waals surface area contributed by atoms with Crippen molar-refractivity contribution in [2.75, 3.05) is 13.2 Å². The van der Waals surface area contributed by atoms with Crippen molar-refractivity contribution >= 4 is 0 Å². The molecule has 0 radical (unpaired) electrons. The van der Waals surface area contributed by atoms with E-state index in [0.29, 0.717) is 19.5 Å². The normalized spacial score (nSPS) is 10.3. The Morgan fingerprint density at radius 3 is 2.46 bits per heavy atom. The van der Waals surface area contributed by atoms with Crippen LogP contribution >= 0.6 is 0 Å². The van der Waals surface area contributed by atoms with Gasteiger partial charge in [0.1, 0.15) is 5.82 Å². The van der Waals surface area contributed by atoms with Gasteiger partial charge in [-0.15, -0.1) is 0 Å². The molecule has 0 amide bonds. The molecule has 1 N–H and O–H groups in total. The second-order valence-electron chi connectivity index (χ2n) is 2.85. The minimum Gasteiger partial charge on any atom is -0.313 e. The molecule has 0 bridgehead atoms. The molecule has 13 heavy (non-hydrogen) atoms. The summed E-state index contributed by atoms with van der Waals surface area (Å²) < 4.78 is 24.1. The first kappa shape index (κ1) is 10.1. The lowest BCUT2D eigenvalue weighted by Crippen LogP contribution is -2.14. The van der Waals surface area contributed by atoms with E-state index in [-0.39, 0.29) is 12.5 Å². The Bertz CT molecular complexity index is 233. The Labute approximate surface area is 76.8 Å². The summed E-state index contributed by atoms with van der Waals surface area (Å²) in [5.74, 6) is -0.229. The molecular formula is C10H13F2N. The number of alkyl halides is 1. The number of nitrogens with one attached hydrogen (secondary N) is 1. The van der Waals surface area contributed by atoms with E-state index in [1.165, 1.54) is 12.1 Å². The van der Waals surface area contributed by atoms with Crippen LogP contribution in [0.5, 0.6) is 0 Å². The largest absolute Gasteiger partial charge is 0.313 e. The maximum absolute atomic E-state index is 12.5. The van der Waals surface area contributed by atoms with Crippen LogP contribution in [0.4, 0.5) is 8.78 Å². The zero-order chi connectivity index (χ0) is 9.52. The van der Waals surface area contributed by atoms with Crippen LogP contribution in [0, 0.1) is 5.82 Å². The van der Waals surface area contributed by atoms with Gasteiger partial charge in [0.05, 0.1) is 6.67 Å². The fourth-order valence-electron chi connectivity index (χ4n) is 1.03. The summed E-state index contributed by atoms with van der Waals surface area (Å²) in [6, 6.07) is 6.29. The van der Waals surface area contributed by atoms with Crippen LogP contribution < -0.4 is 5.32 Å². The fraction of sp³-hybridized carbons (Fsp3) is 0.400. The molecule has 3 heteroatoms. The molecule has 0 saturated heterocycles. The van der Waals surface area contributed by atoms with Crippen molar-refractivity contribution in [1.29, 1.82) is 0 Å². The molecule has 1 aromatic rings. The first-order valence-electron chi connectivity index (χ1n) is 4.34. The number of benzene rings is 1. The summed E-state index contributed by atoms with van der Waals surface area (Å²) in [5, 5.41) is 3.06. The van der Waals surface area contributed by atoms with E-state index < -0.39 is 0 Å². The third-order valence-electron chi connectivity index (χ3n) is 1.73. The molecule has 0 fully saturated rings. The van der Waals surface area contributed by atoms with Crippen LogP contribution in [0.2, 0.25) is 0 Å². The van der Waals surface area contributed by atoms with E-state index in [9.17, 15) is 8.78 Å². The quantitative estimate of drug-likeness (QED) is 0.694. The van der Waals surface area contributed by atoms with Gasteiger partial charge in [0.25, 0.3) is 0 Å². The average Bonchev–Trinajstić information content (AvgIpc) is 2.15. The van der Waals surface area contributed by atoms with Crippen molar-refractivity contribution in [2.45, 2.75) is 13.0 Å². The highest BCUT2D eigenvalue weighted by molar-refractivity contribution is 5.15. The summed E-state index contributed by atoms with van der Waals surface area (Å²) in [7, 11) is 0. The fourth-order valence-corrected chi connectivity index (χ4v) is 1.03. The van der Waals surface area contributed by atoms with Gasteiger partial charge < -0.3 is 5.32 Å². The predicted octanol–water partition coefficient (Wildman–Crippen LogP) is 2.27. The summed E-state index contributed by atoms with van der Waals surface area (Å²) in [4.78, 5) is 0. The van der Waals surface area contributed by atoms with E-state index in [2.05, 4.69) is 5.32 Å². The zero-order valence-corrected chi connectivity index (χ0v) is 7.39. The smallest absolute Gasteiger partial charge is 0.123 e. The average molecular weight is 185 g/mol. The minimum atomic E-state index is -0.295. The van der Waals surface area contributed by atoms with Gasteiger partial charge in [-0.3, -0.25) is 4.39 Å². The number of halogens is 2. The molecule has 0 aliphatic carbocycles. The monoisotopic (exact) mass is 185 g/mol. The van der Waals surface area contributed by atoms with Crippen molar-refractivity contribution in [3.63, 3.8) is 0 Å². The van der Waals surface area contributed by atoms with E-state index in [1.54, 1.807) is 12.1 Å². The third-order valence-corrected chi connectivity index (χ3v) is 1.73. The number of hydrogen-bond acceptors (Lipinski definition) is 1. The SMILES string of the molecule is FCCCNCc1ccc(F)cc1. The van der Waals surface area contributed by atoms with Crippen molar-refractivity contribution in [2.24, 2.45) is 0 Å². The van der Waals surface area contributed by atoms with Crippen LogP contribution in [0.1, 0.15) is 12.0 Å². The van der Waals surface area contributed by atoms with Gasteiger partial charge in [-0.2, -0.15) is 0 Å². The number of rotatable bonds is 5. The summed E-state index contributed by atoms with van der Waals surface area (Å²) in [6.07, 6.45) is 0.529. The maximum atomic E-state index is 12.5. The molecule has 0 aliphatic rings. The predicted molar refractivity (Wildman–Crippen MR) is 48.7 cm³/mol. The molecule has 0 heterocycles. The van der Waals surface area contributed by atoms with E-state index in [4.69, 9.17) is 0 Å². The van der Waals surface area contributed by atoms with Gasteiger partial charge in [0.15, 0.2) is 0 Å². The van der Waals surface area contributed by atoms with Gasteiger partial charge >= 0.3 is 0 Å². The van der Waals surface area contributed by atoms with E-state index in [1.807, 2.05) is 0 Å². The second kappa shape index (κ2) is 5.65. The second-order valence-corrected chi connectivity index (χ2v) is 2.85. The van der Waals surface area contributed by atoms with E-state index >= 15 is 0 Å². The topological polar surface area (TPSA) is 12.0 Å². The molecular weight excluding hydrogens is 172 g/mol. The lowest BCUT2D eigenvalue weighted by Gasteiger charge is -2.02. The Balaban J connectivity index is 2.25. The van der Waals surface area contributed by atoms with Gasteiger partial charge in [-0.05, 0) is 30.7 Å². The summed E-state index contributed by atoms with van der Waals surface area (Å²) in [5.41, 5.74) is 1.01. The third kappa shape index (κ3) is 3.99. The maximum Gasteiger partial charge on any atom is 0.123 e. The van der Waals surface area contributed by atoms with Crippen molar-refractivity contribution in [3.05, 3.63) is 35.6 Å². The molecule has 0 aliphatic heterocycles. The number of hydrogen-bond donors (Lipinski definition) is 1. The zero-order valence-electron chi connectivity index (χ0n) is 7.39. The molecule has 0 aromatic heterocycles. The molecule has 0 spiro atoms. The highest BCUT2D eigenvalue weighted by atomic mass is 19.1. The van der Waals surface area contributed by atoms with Crippen LogP contribution in [-0.4, -0.2) is 13.2 Å². The molecule has 0 saturated carbocycles. The molecule has 1 nitrogen and oxygen atoms in total. The molecule has 1 aromatic carbocycles. The highest BCUT2D eigenvalue weighted by Gasteiger charge is 1.92.